The van der Waals surface area contributed by atoms with Crippen LogP contribution in [0.1, 0.15) is 68.6 Å². The number of piperidine rings is 1. The summed E-state index contributed by atoms with van der Waals surface area (Å²) < 4.78 is 23.4. The SMILES string of the molecule is COc1ccc(C2COc3cc(OC(=O)C(C)(C)C)ccc3C2Cc2ccc(OCCN3CCCCC3)cc2)cc1. The van der Waals surface area contributed by atoms with E-state index in [0.29, 0.717) is 19.0 Å². The van der Waals surface area contributed by atoms with Crippen molar-refractivity contribution < 1.29 is 23.7 Å². The number of esters is 1. The standard InChI is InChI=1S/C35H43NO5/c1-35(2,3)34(37)41-29-16-17-30-31(32(24-40-33(30)23-29)26-10-14-27(38-4)15-11-26)22-25-8-12-28(13-9-25)39-21-20-36-18-6-5-7-19-36/h8-17,23,31-32H,5-7,18-22,24H2,1-4H3. The molecule has 3 aromatic carbocycles. The largest absolute Gasteiger partial charge is 0.497 e. The minimum Gasteiger partial charge on any atom is -0.497 e. The number of hydrogen-bond donors (Lipinski definition) is 0. The maximum absolute atomic E-state index is 12.5. The van der Waals surface area contributed by atoms with Crippen molar-refractivity contribution in [2.24, 2.45) is 5.41 Å². The molecular formula is C35H43NO5. The molecule has 2 unspecified atom stereocenters. The molecule has 0 spiro atoms. The zero-order valence-electron chi connectivity index (χ0n) is 24.9. The Morgan fingerprint density at radius 2 is 1.59 bits per heavy atom. The van der Waals surface area contributed by atoms with Crippen molar-refractivity contribution in [1.29, 1.82) is 0 Å². The molecule has 0 N–H and O–H groups in total. The van der Waals surface area contributed by atoms with E-state index < -0.39 is 5.41 Å². The van der Waals surface area contributed by atoms with Crippen molar-refractivity contribution in [3.8, 4) is 23.0 Å². The van der Waals surface area contributed by atoms with Crippen molar-refractivity contribution in [2.75, 3.05) is 40.0 Å². The molecule has 1 saturated heterocycles. The van der Waals surface area contributed by atoms with Gasteiger partial charge in [0, 0.05) is 24.4 Å². The normalized spacial score (nSPS) is 19.1. The summed E-state index contributed by atoms with van der Waals surface area (Å²) in [5.74, 6) is 3.12. The molecule has 6 nitrogen and oxygen atoms in total. The summed E-state index contributed by atoms with van der Waals surface area (Å²) in [5, 5.41) is 0. The Hall–Kier alpha value is -3.51. The number of carbonyl (C=O) groups is 1. The van der Waals surface area contributed by atoms with E-state index in [9.17, 15) is 4.79 Å². The number of methoxy groups -OCH3 is 1. The molecule has 41 heavy (non-hydrogen) atoms. The van der Waals surface area contributed by atoms with Crippen LogP contribution in [-0.4, -0.2) is 50.8 Å². The van der Waals surface area contributed by atoms with E-state index in [0.717, 1.165) is 35.8 Å². The van der Waals surface area contributed by atoms with E-state index in [1.54, 1.807) is 7.11 Å². The number of nitrogens with zero attached hydrogens (tertiary/aromatic N) is 1. The predicted molar refractivity (Wildman–Crippen MR) is 161 cm³/mol. The highest BCUT2D eigenvalue weighted by Gasteiger charge is 2.33. The monoisotopic (exact) mass is 557 g/mol. The molecule has 0 amide bonds. The number of rotatable bonds is 9. The predicted octanol–water partition coefficient (Wildman–Crippen LogP) is 7.01. The third kappa shape index (κ3) is 7.42. The second kappa shape index (κ2) is 13.0. The van der Waals surface area contributed by atoms with E-state index >= 15 is 0 Å². The lowest BCUT2D eigenvalue weighted by atomic mass is 9.76. The van der Waals surface area contributed by atoms with E-state index in [-0.39, 0.29) is 17.8 Å². The van der Waals surface area contributed by atoms with Gasteiger partial charge in [0.15, 0.2) is 0 Å². The highest BCUT2D eigenvalue weighted by Crippen LogP contribution is 2.45. The van der Waals surface area contributed by atoms with Crippen molar-refractivity contribution in [3.05, 3.63) is 83.4 Å². The molecule has 1 fully saturated rings. The van der Waals surface area contributed by atoms with Gasteiger partial charge in [0.2, 0.25) is 0 Å². The zero-order chi connectivity index (χ0) is 28.8. The number of likely N-dealkylation sites (tertiary alicyclic amines) is 1. The summed E-state index contributed by atoms with van der Waals surface area (Å²) in [7, 11) is 1.68. The fraction of sp³-hybridized carbons (Fsp3) is 0.457. The minimum atomic E-state index is -0.581. The van der Waals surface area contributed by atoms with Gasteiger partial charge >= 0.3 is 5.97 Å². The van der Waals surface area contributed by atoms with Gasteiger partial charge in [0.1, 0.15) is 29.6 Å². The molecule has 0 radical (unpaired) electrons. The maximum Gasteiger partial charge on any atom is 0.316 e. The summed E-state index contributed by atoms with van der Waals surface area (Å²) in [6, 6.07) is 22.6. The van der Waals surface area contributed by atoms with Gasteiger partial charge in [-0.25, -0.2) is 0 Å². The second-order valence-electron chi connectivity index (χ2n) is 12.2. The summed E-state index contributed by atoms with van der Waals surface area (Å²) in [6.45, 7) is 10.2. The van der Waals surface area contributed by atoms with Crippen molar-refractivity contribution >= 4 is 5.97 Å². The molecule has 0 bridgehead atoms. The summed E-state index contributed by atoms with van der Waals surface area (Å²) in [6.07, 6.45) is 4.79. The fourth-order valence-corrected chi connectivity index (χ4v) is 5.67. The number of hydrogen-bond acceptors (Lipinski definition) is 6. The Balaban J connectivity index is 1.33. The van der Waals surface area contributed by atoms with Crippen molar-refractivity contribution in [3.63, 3.8) is 0 Å². The average molecular weight is 558 g/mol. The van der Waals surface area contributed by atoms with Crippen molar-refractivity contribution in [2.45, 2.75) is 58.3 Å². The summed E-state index contributed by atoms with van der Waals surface area (Å²) >= 11 is 0. The molecule has 0 aliphatic carbocycles. The Bertz CT molecular complexity index is 1290. The first kappa shape index (κ1) is 29.0. The highest BCUT2D eigenvalue weighted by molar-refractivity contribution is 5.78. The Morgan fingerprint density at radius 1 is 0.902 bits per heavy atom. The molecule has 6 heteroatoms. The average Bonchev–Trinajstić information content (AvgIpc) is 2.98. The smallest absolute Gasteiger partial charge is 0.316 e. The van der Waals surface area contributed by atoms with E-state index in [2.05, 4.69) is 47.4 Å². The molecular weight excluding hydrogens is 514 g/mol. The molecule has 0 saturated carbocycles. The molecule has 218 valence electrons. The van der Waals surface area contributed by atoms with E-state index in [1.807, 2.05) is 45.0 Å². The summed E-state index contributed by atoms with van der Waals surface area (Å²) in [4.78, 5) is 15.0. The first-order chi connectivity index (χ1) is 19.8. The van der Waals surface area contributed by atoms with Crippen LogP contribution in [0.5, 0.6) is 23.0 Å². The van der Waals surface area contributed by atoms with Crippen LogP contribution >= 0.6 is 0 Å². The first-order valence-electron chi connectivity index (χ1n) is 14.9. The second-order valence-corrected chi connectivity index (χ2v) is 12.2. The van der Waals surface area contributed by atoms with Crippen LogP contribution in [0.3, 0.4) is 0 Å². The number of benzene rings is 3. The van der Waals surface area contributed by atoms with Gasteiger partial charge in [0.05, 0.1) is 19.1 Å². The van der Waals surface area contributed by atoms with Crippen LogP contribution in [0.2, 0.25) is 0 Å². The van der Waals surface area contributed by atoms with Gasteiger partial charge in [0.25, 0.3) is 0 Å². The Labute approximate surface area is 244 Å². The van der Waals surface area contributed by atoms with Gasteiger partial charge in [-0.05, 0) is 100 Å². The molecule has 3 aromatic rings. The van der Waals surface area contributed by atoms with Crippen LogP contribution in [0.25, 0.3) is 0 Å². The van der Waals surface area contributed by atoms with Gasteiger partial charge in [-0.15, -0.1) is 0 Å². The van der Waals surface area contributed by atoms with E-state index in [1.165, 1.54) is 43.5 Å². The van der Waals surface area contributed by atoms with Crippen LogP contribution in [0, 0.1) is 5.41 Å². The number of fused-ring (bicyclic) bond motifs is 1. The molecule has 0 aromatic heterocycles. The third-order valence-electron chi connectivity index (χ3n) is 8.16. The molecule has 2 heterocycles. The van der Waals surface area contributed by atoms with Crippen LogP contribution in [0.4, 0.5) is 0 Å². The molecule has 2 aliphatic rings. The molecule has 2 aliphatic heterocycles. The third-order valence-corrected chi connectivity index (χ3v) is 8.16. The van der Waals surface area contributed by atoms with Crippen LogP contribution in [-0.2, 0) is 11.2 Å². The Kier molecular flexibility index (Phi) is 9.19. The molecule has 2 atom stereocenters. The Morgan fingerprint density at radius 3 is 2.27 bits per heavy atom. The summed E-state index contributed by atoms with van der Waals surface area (Å²) in [5.41, 5.74) is 2.99. The van der Waals surface area contributed by atoms with Gasteiger partial charge in [-0.2, -0.15) is 0 Å². The number of carbonyl (C=O) groups excluding carboxylic acids is 1. The number of ether oxygens (including phenoxy) is 4. The van der Waals surface area contributed by atoms with Gasteiger partial charge < -0.3 is 18.9 Å². The quantitative estimate of drug-likeness (QED) is 0.208. The maximum atomic E-state index is 12.5. The van der Waals surface area contributed by atoms with Crippen LogP contribution in [0.15, 0.2) is 66.7 Å². The lowest BCUT2D eigenvalue weighted by Gasteiger charge is -2.34. The first-order valence-corrected chi connectivity index (χ1v) is 14.9. The van der Waals surface area contributed by atoms with Gasteiger partial charge in [-0.1, -0.05) is 36.8 Å². The van der Waals surface area contributed by atoms with Gasteiger partial charge in [-0.3, -0.25) is 9.69 Å². The lowest BCUT2D eigenvalue weighted by Crippen LogP contribution is -2.33. The fourth-order valence-electron chi connectivity index (χ4n) is 5.67. The lowest BCUT2D eigenvalue weighted by molar-refractivity contribution is -0.143. The zero-order valence-corrected chi connectivity index (χ0v) is 24.9. The van der Waals surface area contributed by atoms with E-state index in [4.69, 9.17) is 18.9 Å². The van der Waals surface area contributed by atoms with Crippen LogP contribution < -0.4 is 18.9 Å². The van der Waals surface area contributed by atoms with Crippen molar-refractivity contribution in [1.82, 2.24) is 4.90 Å². The minimum absolute atomic E-state index is 0.164. The topological polar surface area (TPSA) is 57.2 Å². The highest BCUT2D eigenvalue weighted by atomic mass is 16.5. The molecule has 5 rings (SSSR count).